The van der Waals surface area contributed by atoms with Crippen molar-refractivity contribution >= 4 is 5.91 Å². The van der Waals surface area contributed by atoms with E-state index in [1.54, 1.807) is 0 Å². The van der Waals surface area contributed by atoms with Crippen LogP contribution in [0.1, 0.15) is 45.4 Å². The van der Waals surface area contributed by atoms with Gasteiger partial charge in [-0.15, -0.1) is 0 Å². The Balaban J connectivity index is 1.33. The molecule has 5 nitrogen and oxygen atoms in total. The third-order valence-electron chi connectivity index (χ3n) is 5.58. The number of benzene rings is 1. The van der Waals surface area contributed by atoms with Crippen molar-refractivity contribution in [3.8, 4) is 11.5 Å². The summed E-state index contributed by atoms with van der Waals surface area (Å²) < 4.78 is 11.5. The third-order valence-corrected chi connectivity index (χ3v) is 5.58. The number of carbonyl (C=O) groups is 1. The second-order valence-corrected chi connectivity index (χ2v) is 7.67. The number of carbonyl (C=O) groups excluding carboxylic acids is 1. The van der Waals surface area contributed by atoms with Crippen LogP contribution in [0.3, 0.4) is 0 Å². The monoisotopic (exact) mass is 374 g/mol. The van der Waals surface area contributed by atoms with Gasteiger partial charge < -0.3 is 14.4 Å². The van der Waals surface area contributed by atoms with E-state index in [-0.39, 0.29) is 5.92 Å². The molecule has 2 heterocycles. The molecule has 0 atom stereocenters. The molecule has 1 aromatic rings. The van der Waals surface area contributed by atoms with Crippen molar-refractivity contribution in [2.75, 3.05) is 45.9 Å². The molecule has 2 fully saturated rings. The minimum Gasteiger partial charge on any atom is -0.494 e. The lowest BCUT2D eigenvalue weighted by Gasteiger charge is -2.35. The largest absolute Gasteiger partial charge is 0.494 e. The highest BCUT2D eigenvalue weighted by atomic mass is 16.5. The normalized spacial score (nSPS) is 19.1. The van der Waals surface area contributed by atoms with E-state index in [0.29, 0.717) is 12.5 Å². The Hall–Kier alpha value is -1.75. The fourth-order valence-electron chi connectivity index (χ4n) is 3.92. The zero-order valence-corrected chi connectivity index (χ0v) is 16.7. The highest BCUT2D eigenvalue weighted by Crippen LogP contribution is 2.22. The summed E-state index contributed by atoms with van der Waals surface area (Å²) in [6.07, 6.45) is 6.61. The Morgan fingerprint density at radius 3 is 2.11 bits per heavy atom. The molecule has 0 unspecified atom stereocenters. The molecular formula is C22H34N2O3. The quantitative estimate of drug-likeness (QED) is 0.697. The molecule has 0 aromatic heterocycles. The molecule has 0 radical (unpaired) electrons. The average Bonchev–Trinajstić information content (AvgIpc) is 2.74. The van der Waals surface area contributed by atoms with Gasteiger partial charge >= 0.3 is 0 Å². The summed E-state index contributed by atoms with van der Waals surface area (Å²) in [5, 5.41) is 0. The third kappa shape index (κ3) is 6.13. The van der Waals surface area contributed by atoms with Crippen LogP contribution >= 0.6 is 0 Å². The Bertz CT molecular complexity index is 561. The van der Waals surface area contributed by atoms with E-state index in [9.17, 15) is 4.79 Å². The van der Waals surface area contributed by atoms with Crippen LogP contribution in [0.25, 0.3) is 0 Å². The molecule has 1 aromatic carbocycles. The minimum atomic E-state index is 0.232. The zero-order chi connectivity index (χ0) is 18.9. The van der Waals surface area contributed by atoms with Crippen molar-refractivity contribution in [3.05, 3.63) is 24.3 Å². The molecule has 0 N–H and O–H groups in total. The van der Waals surface area contributed by atoms with Crippen LogP contribution in [0.5, 0.6) is 11.5 Å². The van der Waals surface area contributed by atoms with Crippen molar-refractivity contribution in [1.82, 2.24) is 9.80 Å². The summed E-state index contributed by atoms with van der Waals surface area (Å²) in [7, 11) is 0. The maximum absolute atomic E-state index is 12.6. The highest BCUT2D eigenvalue weighted by molar-refractivity contribution is 5.79. The first-order valence-electron chi connectivity index (χ1n) is 10.6. The van der Waals surface area contributed by atoms with Gasteiger partial charge in [-0.2, -0.15) is 0 Å². The van der Waals surface area contributed by atoms with Gasteiger partial charge in [-0.1, -0.05) is 6.92 Å². The molecule has 0 bridgehead atoms. The predicted molar refractivity (Wildman–Crippen MR) is 107 cm³/mol. The molecule has 2 aliphatic rings. The van der Waals surface area contributed by atoms with Crippen LogP contribution in [0, 0.1) is 5.92 Å². The molecule has 150 valence electrons. The molecular weight excluding hydrogens is 340 g/mol. The lowest BCUT2D eigenvalue weighted by Crippen LogP contribution is -2.45. The van der Waals surface area contributed by atoms with Crippen LogP contribution < -0.4 is 9.47 Å². The first-order chi connectivity index (χ1) is 13.3. The van der Waals surface area contributed by atoms with Gasteiger partial charge in [0.15, 0.2) is 0 Å². The first kappa shape index (κ1) is 20.0. The minimum absolute atomic E-state index is 0.232. The first-order valence-corrected chi connectivity index (χ1v) is 10.6. The molecule has 2 aliphatic heterocycles. The second-order valence-electron chi connectivity index (χ2n) is 7.67. The van der Waals surface area contributed by atoms with Gasteiger partial charge in [0.05, 0.1) is 6.61 Å². The number of likely N-dealkylation sites (tertiary alicyclic amines) is 2. The second kappa shape index (κ2) is 10.5. The lowest BCUT2D eigenvalue weighted by atomic mass is 9.94. The summed E-state index contributed by atoms with van der Waals surface area (Å²) in [6, 6.07) is 7.86. The van der Waals surface area contributed by atoms with Crippen LogP contribution in [-0.2, 0) is 4.79 Å². The van der Waals surface area contributed by atoms with Crippen LogP contribution in [0.2, 0.25) is 0 Å². The summed E-state index contributed by atoms with van der Waals surface area (Å²) in [4.78, 5) is 17.1. The molecule has 0 saturated carbocycles. The highest BCUT2D eigenvalue weighted by Gasteiger charge is 2.28. The number of amides is 1. The molecule has 0 spiro atoms. The molecule has 3 rings (SSSR count). The Morgan fingerprint density at radius 2 is 1.52 bits per heavy atom. The summed E-state index contributed by atoms with van der Waals surface area (Å²) in [5.41, 5.74) is 0. The zero-order valence-electron chi connectivity index (χ0n) is 16.7. The maximum Gasteiger partial charge on any atom is 0.225 e. The van der Waals surface area contributed by atoms with Crippen LogP contribution in [0.4, 0.5) is 0 Å². The fraction of sp³-hybridized carbons (Fsp3) is 0.682. The van der Waals surface area contributed by atoms with E-state index in [1.807, 2.05) is 24.3 Å². The summed E-state index contributed by atoms with van der Waals surface area (Å²) >= 11 is 0. The lowest BCUT2D eigenvalue weighted by molar-refractivity contribution is -0.138. The molecule has 0 aliphatic carbocycles. The van der Waals surface area contributed by atoms with Gasteiger partial charge in [0.25, 0.3) is 0 Å². The Kier molecular flexibility index (Phi) is 7.81. The van der Waals surface area contributed by atoms with Crippen LogP contribution in [0.15, 0.2) is 24.3 Å². The number of ether oxygens (including phenoxy) is 2. The summed E-state index contributed by atoms with van der Waals surface area (Å²) in [6.45, 7) is 8.37. The van der Waals surface area contributed by atoms with Gasteiger partial charge in [-0.25, -0.2) is 0 Å². The van der Waals surface area contributed by atoms with Crippen LogP contribution in [-0.4, -0.2) is 61.6 Å². The molecule has 1 amide bonds. The standard InChI is InChI=1S/C22H34N2O3/c1-2-17-26-20-6-8-21(9-7-20)27-18-16-23-14-10-19(11-15-23)22(25)24-12-4-3-5-13-24/h6-9,19H,2-5,10-18H2,1H3. The van der Waals surface area contributed by atoms with Gasteiger partial charge in [-0.3, -0.25) is 9.69 Å². The van der Waals surface area contributed by atoms with E-state index in [2.05, 4.69) is 16.7 Å². The van der Waals surface area contributed by atoms with Gasteiger partial charge in [-0.05, 0) is 75.9 Å². The number of rotatable bonds is 8. The van der Waals surface area contributed by atoms with Gasteiger partial charge in [0.2, 0.25) is 5.91 Å². The molecule has 27 heavy (non-hydrogen) atoms. The van der Waals surface area contributed by atoms with E-state index in [4.69, 9.17) is 9.47 Å². The Labute approximate surface area is 163 Å². The van der Waals surface area contributed by atoms with E-state index >= 15 is 0 Å². The fourth-order valence-corrected chi connectivity index (χ4v) is 3.92. The van der Waals surface area contributed by atoms with Crippen molar-refractivity contribution < 1.29 is 14.3 Å². The van der Waals surface area contributed by atoms with Crippen molar-refractivity contribution in [3.63, 3.8) is 0 Å². The topological polar surface area (TPSA) is 42.0 Å². The van der Waals surface area contributed by atoms with E-state index in [1.165, 1.54) is 19.3 Å². The Morgan fingerprint density at radius 1 is 0.926 bits per heavy atom. The molecule has 5 heteroatoms. The number of piperidine rings is 2. The number of nitrogens with zero attached hydrogens (tertiary/aromatic N) is 2. The van der Waals surface area contributed by atoms with Crippen molar-refractivity contribution in [1.29, 1.82) is 0 Å². The predicted octanol–water partition coefficient (Wildman–Crippen LogP) is 3.58. The summed E-state index contributed by atoms with van der Waals surface area (Å²) in [5.74, 6) is 2.41. The molecule has 2 saturated heterocycles. The van der Waals surface area contributed by atoms with Gasteiger partial charge in [0.1, 0.15) is 18.1 Å². The van der Waals surface area contributed by atoms with E-state index < -0.39 is 0 Å². The number of hydrogen-bond donors (Lipinski definition) is 0. The SMILES string of the molecule is CCCOc1ccc(OCCN2CCC(C(=O)N3CCCCC3)CC2)cc1. The van der Waals surface area contributed by atoms with E-state index in [0.717, 1.165) is 70.1 Å². The van der Waals surface area contributed by atoms with Gasteiger partial charge in [0, 0.05) is 25.6 Å². The number of hydrogen-bond acceptors (Lipinski definition) is 4. The maximum atomic E-state index is 12.6. The van der Waals surface area contributed by atoms with Crippen molar-refractivity contribution in [2.24, 2.45) is 5.92 Å². The average molecular weight is 375 g/mol. The van der Waals surface area contributed by atoms with Crippen molar-refractivity contribution in [2.45, 2.75) is 45.4 Å². The smallest absolute Gasteiger partial charge is 0.225 e.